The molecule has 1 aliphatic heterocycles. The Hall–Kier alpha value is -3.32. The first-order chi connectivity index (χ1) is 13.0. The molecule has 1 fully saturated rings. The van der Waals surface area contributed by atoms with Crippen molar-refractivity contribution < 1.29 is 23.9 Å². The minimum Gasteiger partial charge on any atom is -0.493 e. The van der Waals surface area contributed by atoms with Crippen molar-refractivity contribution in [3.05, 3.63) is 64.2 Å². The molecule has 1 aliphatic rings. The van der Waals surface area contributed by atoms with E-state index in [0.717, 1.165) is 5.56 Å². The maximum atomic E-state index is 11.8. The van der Waals surface area contributed by atoms with Crippen LogP contribution in [0.4, 0.5) is 4.79 Å². The summed E-state index contributed by atoms with van der Waals surface area (Å²) >= 11 is 6.30. The van der Waals surface area contributed by atoms with Crippen LogP contribution in [0.1, 0.15) is 11.1 Å². The third-order valence-electron chi connectivity index (χ3n) is 3.73. The zero-order valence-electron chi connectivity index (χ0n) is 14.2. The topological polar surface area (TPSA) is 93.7 Å². The van der Waals surface area contributed by atoms with Gasteiger partial charge in [0.05, 0.1) is 12.1 Å². The number of ether oxygens (including phenoxy) is 2. The van der Waals surface area contributed by atoms with Crippen molar-refractivity contribution in [2.45, 2.75) is 6.61 Å². The molecule has 2 aromatic rings. The molecule has 2 aromatic carbocycles. The van der Waals surface area contributed by atoms with Crippen molar-refractivity contribution in [3.63, 3.8) is 0 Å². The molecule has 1 heterocycles. The van der Waals surface area contributed by atoms with E-state index >= 15 is 0 Å². The van der Waals surface area contributed by atoms with Gasteiger partial charge in [-0.05, 0) is 29.3 Å². The van der Waals surface area contributed by atoms with Gasteiger partial charge >= 0.3 is 6.03 Å². The van der Waals surface area contributed by atoms with Crippen LogP contribution in [0, 0.1) is 0 Å². The van der Waals surface area contributed by atoms with E-state index in [2.05, 4.69) is 0 Å². The molecule has 0 radical (unpaired) electrons. The molecular formula is C19H15ClN2O5. The molecule has 0 aliphatic carbocycles. The van der Waals surface area contributed by atoms with Gasteiger partial charge in [-0.25, -0.2) is 4.79 Å². The standard InChI is InChI=1S/C19H15ClN2O5/c1-26-15-9-12(7-13-17(23)21-19(25)22-18(13)24)8-14(20)16(15)27-10-11-5-3-2-4-6-11/h2-9H,10H2,1H3,(H2,21,22,23,24,25). The normalized spacial score (nSPS) is 13.7. The first-order valence-electron chi connectivity index (χ1n) is 7.90. The maximum absolute atomic E-state index is 11.8. The molecule has 4 amide bonds. The van der Waals surface area contributed by atoms with E-state index in [1.54, 1.807) is 6.07 Å². The van der Waals surface area contributed by atoms with Crippen LogP contribution in [0.3, 0.4) is 0 Å². The van der Waals surface area contributed by atoms with Crippen molar-refractivity contribution >= 4 is 35.5 Å². The van der Waals surface area contributed by atoms with Gasteiger partial charge in [0.2, 0.25) is 0 Å². The third kappa shape index (κ3) is 4.27. The second kappa shape index (κ2) is 7.92. The number of halogens is 1. The molecular weight excluding hydrogens is 372 g/mol. The lowest BCUT2D eigenvalue weighted by Gasteiger charge is -2.15. The lowest BCUT2D eigenvalue weighted by atomic mass is 10.1. The van der Waals surface area contributed by atoms with Gasteiger partial charge in [0.15, 0.2) is 11.5 Å². The molecule has 0 unspecified atom stereocenters. The van der Waals surface area contributed by atoms with E-state index in [9.17, 15) is 14.4 Å². The molecule has 3 rings (SSSR count). The van der Waals surface area contributed by atoms with Gasteiger partial charge in [-0.2, -0.15) is 0 Å². The number of carbonyl (C=O) groups excluding carboxylic acids is 3. The Kier molecular flexibility index (Phi) is 5.42. The number of nitrogens with one attached hydrogen (secondary N) is 2. The van der Waals surface area contributed by atoms with Crippen molar-refractivity contribution in [3.8, 4) is 11.5 Å². The van der Waals surface area contributed by atoms with Gasteiger partial charge in [0, 0.05) is 0 Å². The maximum Gasteiger partial charge on any atom is 0.328 e. The number of imide groups is 2. The Labute approximate surface area is 159 Å². The summed E-state index contributed by atoms with van der Waals surface area (Å²) in [4.78, 5) is 34.8. The molecule has 7 nitrogen and oxygen atoms in total. The summed E-state index contributed by atoms with van der Waals surface area (Å²) in [6, 6.07) is 11.8. The first kappa shape index (κ1) is 18.5. The van der Waals surface area contributed by atoms with E-state index in [1.807, 2.05) is 41.0 Å². The highest BCUT2D eigenvalue weighted by Crippen LogP contribution is 2.37. The average molecular weight is 387 g/mol. The largest absolute Gasteiger partial charge is 0.493 e. The van der Waals surface area contributed by atoms with Gasteiger partial charge in [-0.1, -0.05) is 41.9 Å². The van der Waals surface area contributed by atoms with Crippen LogP contribution < -0.4 is 20.1 Å². The predicted octanol–water partition coefficient (Wildman–Crippen LogP) is 2.68. The van der Waals surface area contributed by atoms with Gasteiger partial charge in [0.1, 0.15) is 12.2 Å². The monoisotopic (exact) mass is 386 g/mol. The zero-order chi connectivity index (χ0) is 19.4. The number of amides is 4. The molecule has 0 bridgehead atoms. The van der Waals surface area contributed by atoms with Crippen LogP contribution in [-0.2, 0) is 16.2 Å². The number of carbonyl (C=O) groups is 3. The second-order valence-corrected chi connectivity index (χ2v) is 6.01. The van der Waals surface area contributed by atoms with E-state index in [4.69, 9.17) is 21.1 Å². The summed E-state index contributed by atoms with van der Waals surface area (Å²) in [5, 5.41) is 4.27. The number of hydrogen-bond acceptors (Lipinski definition) is 5. The van der Waals surface area contributed by atoms with Gasteiger partial charge in [-0.15, -0.1) is 0 Å². The summed E-state index contributed by atoms with van der Waals surface area (Å²) in [5.41, 5.74) is 1.19. The van der Waals surface area contributed by atoms with Crippen LogP contribution in [0.15, 0.2) is 48.0 Å². The van der Waals surface area contributed by atoms with Gasteiger partial charge < -0.3 is 9.47 Å². The van der Waals surface area contributed by atoms with Gasteiger partial charge in [-0.3, -0.25) is 20.2 Å². The minimum atomic E-state index is -0.859. The Morgan fingerprint density at radius 1 is 1.04 bits per heavy atom. The Morgan fingerprint density at radius 3 is 2.33 bits per heavy atom. The Morgan fingerprint density at radius 2 is 1.70 bits per heavy atom. The first-order valence-corrected chi connectivity index (χ1v) is 8.28. The van der Waals surface area contributed by atoms with Crippen molar-refractivity contribution in [1.82, 2.24) is 10.6 Å². The highest BCUT2D eigenvalue weighted by Gasteiger charge is 2.27. The van der Waals surface area contributed by atoms with Crippen molar-refractivity contribution in [2.24, 2.45) is 0 Å². The van der Waals surface area contributed by atoms with E-state index in [0.29, 0.717) is 23.7 Å². The van der Waals surface area contributed by atoms with E-state index < -0.39 is 17.8 Å². The number of hydrogen-bond donors (Lipinski definition) is 2. The molecule has 8 heteroatoms. The second-order valence-electron chi connectivity index (χ2n) is 5.60. The van der Waals surface area contributed by atoms with Crippen LogP contribution in [0.25, 0.3) is 6.08 Å². The number of benzene rings is 2. The quantitative estimate of drug-likeness (QED) is 0.608. The fourth-order valence-corrected chi connectivity index (χ4v) is 2.74. The van der Waals surface area contributed by atoms with Crippen LogP contribution in [0.5, 0.6) is 11.5 Å². The number of methoxy groups -OCH3 is 1. The lowest BCUT2D eigenvalue weighted by Crippen LogP contribution is -2.51. The Bertz CT molecular complexity index is 919. The fraction of sp³-hybridized carbons (Fsp3) is 0.105. The van der Waals surface area contributed by atoms with Crippen LogP contribution >= 0.6 is 11.6 Å². The molecule has 0 saturated carbocycles. The molecule has 1 saturated heterocycles. The molecule has 138 valence electrons. The summed E-state index contributed by atoms with van der Waals surface area (Å²) in [6.07, 6.45) is 1.31. The fourth-order valence-electron chi connectivity index (χ4n) is 2.47. The molecule has 0 spiro atoms. The molecule has 27 heavy (non-hydrogen) atoms. The summed E-state index contributed by atoms with van der Waals surface area (Å²) in [5.74, 6) is -0.887. The van der Waals surface area contributed by atoms with Crippen LogP contribution in [-0.4, -0.2) is 25.0 Å². The van der Waals surface area contributed by atoms with Crippen molar-refractivity contribution in [1.29, 1.82) is 0 Å². The average Bonchev–Trinajstić information content (AvgIpc) is 2.64. The number of urea groups is 1. The van der Waals surface area contributed by atoms with E-state index in [1.165, 1.54) is 19.3 Å². The smallest absolute Gasteiger partial charge is 0.328 e. The van der Waals surface area contributed by atoms with Crippen molar-refractivity contribution in [2.75, 3.05) is 7.11 Å². The number of rotatable bonds is 5. The highest BCUT2D eigenvalue weighted by molar-refractivity contribution is 6.33. The Balaban J connectivity index is 1.87. The van der Waals surface area contributed by atoms with Gasteiger partial charge in [0.25, 0.3) is 11.8 Å². The predicted molar refractivity (Wildman–Crippen MR) is 98.4 cm³/mol. The lowest BCUT2D eigenvalue weighted by molar-refractivity contribution is -0.123. The molecule has 0 atom stereocenters. The third-order valence-corrected chi connectivity index (χ3v) is 4.01. The zero-order valence-corrected chi connectivity index (χ0v) is 15.0. The summed E-state index contributed by atoms with van der Waals surface area (Å²) in [6.45, 7) is 0.296. The molecule has 0 aromatic heterocycles. The SMILES string of the molecule is COc1cc(C=C2C(=O)NC(=O)NC2=O)cc(Cl)c1OCc1ccccc1. The summed E-state index contributed by atoms with van der Waals surface area (Å²) < 4.78 is 11.1. The minimum absolute atomic E-state index is 0.217. The highest BCUT2D eigenvalue weighted by atomic mass is 35.5. The number of barbiturate groups is 1. The van der Waals surface area contributed by atoms with E-state index in [-0.39, 0.29) is 10.6 Å². The summed E-state index contributed by atoms with van der Waals surface area (Å²) in [7, 11) is 1.46. The van der Waals surface area contributed by atoms with Crippen LogP contribution in [0.2, 0.25) is 5.02 Å². The molecule has 2 N–H and O–H groups in total.